The number of phenolic OH excluding ortho intramolecular Hbond substituents is 1. The summed E-state index contributed by atoms with van der Waals surface area (Å²) in [5, 5.41) is 11.0. The van der Waals surface area contributed by atoms with E-state index >= 15 is 0 Å². The highest BCUT2D eigenvalue weighted by atomic mass is 16.6. The average Bonchev–Trinajstić information content (AvgIpc) is 3.07. The molecule has 1 aliphatic heterocycles. The van der Waals surface area contributed by atoms with Crippen molar-refractivity contribution in [2.24, 2.45) is 0 Å². The van der Waals surface area contributed by atoms with Crippen LogP contribution in [0.4, 0.5) is 0 Å². The lowest BCUT2D eigenvalue weighted by Gasteiger charge is -2.08. The molecule has 3 rings (SSSR count). The van der Waals surface area contributed by atoms with Gasteiger partial charge in [0.25, 0.3) is 0 Å². The lowest BCUT2D eigenvalue weighted by molar-refractivity contribution is -0.157. The largest absolute Gasteiger partial charge is 0.507 e. The van der Waals surface area contributed by atoms with Gasteiger partial charge in [0.1, 0.15) is 11.5 Å². The average molecular weight is 398 g/mol. The van der Waals surface area contributed by atoms with E-state index in [-0.39, 0.29) is 11.3 Å². The quantitative estimate of drug-likeness (QED) is 0.478. The normalized spacial score (nSPS) is 15.0. The molecular formula is C22H22O7. The van der Waals surface area contributed by atoms with Crippen molar-refractivity contribution in [1.82, 2.24) is 0 Å². The fourth-order valence-electron chi connectivity index (χ4n) is 2.35. The Morgan fingerprint density at radius 1 is 1.03 bits per heavy atom. The Hall–Kier alpha value is -3.61. The molecule has 2 aromatic carbocycles. The summed E-state index contributed by atoms with van der Waals surface area (Å²) in [5.41, 5.74) is 0.622. The van der Waals surface area contributed by atoms with E-state index in [0.717, 1.165) is 0 Å². The molecule has 0 aromatic heterocycles. The molecule has 1 saturated heterocycles. The van der Waals surface area contributed by atoms with E-state index in [1.807, 2.05) is 0 Å². The Labute approximate surface area is 168 Å². The van der Waals surface area contributed by atoms with Crippen molar-refractivity contribution >= 4 is 28.7 Å². The summed E-state index contributed by atoms with van der Waals surface area (Å²) >= 11 is 0. The molecule has 1 heterocycles. The molecule has 1 atom stereocenters. The van der Waals surface area contributed by atoms with E-state index < -0.39 is 24.0 Å². The first-order valence-corrected chi connectivity index (χ1v) is 8.82. The van der Waals surface area contributed by atoms with Crippen molar-refractivity contribution < 1.29 is 33.7 Å². The van der Waals surface area contributed by atoms with Crippen LogP contribution in [0.25, 0.3) is 10.8 Å². The Morgan fingerprint density at radius 3 is 2.24 bits per heavy atom. The van der Waals surface area contributed by atoms with E-state index in [9.17, 15) is 19.5 Å². The Balaban J connectivity index is 0.000000221. The smallest absolute Gasteiger partial charge is 0.347 e. The first-order valence-electron chi connectivity index (χ1n) is 8.82. The van der Waals surface area contributed by atoms with Gasteiger partial charge >= 0.3 is 17.9 Å². The summed E-state index contributed by atoms with van der Waals surface area (Å²) in [7, 11) is 0. The molecule has 1 fully saturated rings. The number of benzene rings is 2. The summed E-state index contributed by atoms with van der Waals surface area (Å²) in [6.07, 6.45) is -0.285. The molecule has 0 aliphatic carbocycles. The molecule has 0 spiro atoms. The van der Waals surface area contributed by atoms with Gasteiger partial charge in [0.05, 0.1) is 6.61 Å². The van der Waals surface area contributed by atoms with Gasteiger partial charge < -0.3 is 19.3 Å². The zero-order valence-corrected chi connectivity index (χ0v) is 16.3. The lowest BCUT2D eigenvalue weighted by Crippen LogP contribution is -2.22. The Morgan fingerprint density at radius 2 is 1.66 bits per heavy atom. The van der Waals surface area contributed by atoms with Crippen LogP contribution in [0.3, 0.4) is 0 Å². The van der Waals surface area contributed by atoms with Crippen molar-refractivity contribution in [3.05, 3.63) is 60.7 Å². The third-order valence-corrected chi connectivity index (χ3v) is 3.90. The maximum atomic E-state index is 11.5. The zero-order valence-electron chi connectivity index (χ0n) is 16.3. The molecule has 1 unspecified atom stereocenters. The summed E-state index contributed by atoms with van der Waals surface area (Å²) in [6, 6.07) is 10.3. The number of esters is 3. The van der Waals surface area contributed by atoms with Crippen LogP contribution in [0.5, 0.6) is 11.5 Å². The van der Waals surface area contributed by atoms with Crippen molar-refractivity contribution in [3.63, 3.8) is 0 Å². The van der Waals surface area contributed by atoms with E-state index in [0.29, 0.717) is 35.1 Å². The number of ether oxygens (including phenoxy) is 3. The molecule has 29 heavy (non-hydrogen) atoms. The summed E-state index contributed by atoms with van der Waals surface area (Å²) in [5.74, 6) is -0.897. The molecule has 7 heteroatoms. The van der Waals surface area contributed by atoms with Gasteiger partial charge in [-0.15, -0.1) is 0 Å². The van der Waals surface area contributed by atoms with Crippen molar-refractivity contribution in [1.29, 1.82) is 0 Å². The van der Waals surface area contributed by atoms with E-state index in [2.05, 4.69) is 17.9 Å². The van der Waals surface area contributed by atoms with Crippen LogP contribution in [0, 0.1) is 0 Å². The van der Waals surface area contributed by atoms with Crippen molar-refractivity contribution in [2.45, 2.75) is 26.4 Å². The van der Waals surface area contributed by atoms with Crippen molar-refractivity contribution in [3.8, 4) is 11.5 Å². The Kier molecular flexibility index (Phi) is 7.14. The van der Waals surface area contributed by atoms with Crippen LogP contribution in [0.15, 0.2) is 60.7 Å². The number of hydrogen-bond acceptors (Lipinski definition) is 7. The molecular weight excluding hydrogens is 376 g/mol. The Bertz CT molecular complexity index is 974. The number of fused-ring (bicyclic) bond motifs is 1. The fraction of sp³-hybridized carbons (Fsp3) is 0.227. The minimum absolute atomic E-state index is 0.163. The second-order valence-corrected chi connectivity index (χ2v) is 6.43. The van der Waals surface area contributed by atoms with Crippen LogP contribution in [0.2, 0.25) is 0 Å². The van der Waals surface area contributed by atoms with Gasteiger partial charge in [-0.05, 0) is 26.0 Å². The van der Waals surface area contributed by atoms with E-state index in [1.54, 1.807) is 43.3 Å². The molecule has 0 radical (unpaired) electrons. The van der Waals surface area contributed by atoms with Crippen molar-refractivity contribution in [2.75, 3.05) is 6.61 Å². The SMILES string of the molecule is C=C(C)C(=O)OC1CCOC1=O.C=C(C)C(=O)Oc1cccc2c(O)cccc12. The number of rotatable bonds is 4. The topological polar surface area (TPSA) is 99.1 Å². The minimum Gasteiger partial charge on any atom is -0.507 e. The molecule has 0 bridgehead atoms. The fourth-order valence-corrected chi connectivity index (χ4v) is 2.35. The van der Waals surface area contributed by atoms with Gasteiger partial charge in [0, 0.05) is 28.3 Å². The van der Waals surface area contributed by atoms with Gasteiger partial charge in [0.15, 0.2) is 0 Å². The van der Waals surface area contributed by atoms with Gasteiger partial charge in [-0.3, -0.25) is 0 Å². The number of carbonyl (C=O) groups excluding carboxylic acids is 3. The minimum atomic E-state index is -0.728. The third kappa shape index (κ3) is 5.68. The number of carbonyl (C=O) groups is 3. The van der Waals surface area contributed by atoms with Crippen LogP contribution >= 0.6 is 0 Å². The molecule has 1 N–H and O–H groups in total. The van der Waals surface area contributed by atoms with Gasteiger partial charge in [-0.2, -0.15) is 0 Å². The first-order chi connectivity index (χ1) is 13.7. The maximum absolute atomic E-state index is 11.5. The van der Waals surface area contributed by atoms with E-state index in [1.165, 1.54) is 6.92 Å². The monoisotopic (exact) mass is 398 g/mol. The predicted molar refractivity (Wildman–Crippen MR) is 106 cm³/mol. The highest BCUT2D eigenvalue weighted by Crippen LogP contribution is 2.31. The molecule has 7 nitrogen and oxygen atoms in total. The molecule has 152 valence electrons. The maximum Gasteiger partial charge on any atom is 0.347 e. The van der Waals surface area contributed by atoms with Gasteiger partial charge in [-0.1, -0.05) is 37.4 Å². The highest BCUT2D eigenvalue weighted by Gasteiger charge is 2.30. The second-order valence-electron chi connectivity index (χ2n) is 6.43. The van der Waals surface area contributed by atoms with Gasteiger partial charge in [-0.25, -0.2) is 14.4 Å². The summed E-state index contributed by atoms with van der Waals surface area (Å²) < 4.78 is 14.6. The predicted octanol–water partition coefficient (Wildman–Crippen LogP) is 3.45. The van der Waals surface area contributed by atoms with Crippen LogP contribution in [0.1, 0.15) is 20.3 Å². The zero-order chi connectivity index (χ0) is 21.6. The standard InChI is InChI=1S/C14H12O3.C8H10O4/c1-9(2)14(16)17-13-8-4-5-10-11(13)6-3-7-12(10)15;1-5(2)7(9)12-6-3-4-11-8(6)10/h3-8,15H,1H2,2H3;6H,1,3-4H2,2H3. The number of cyclic esters (lactones) is 1. The molecule has 1 aliphatic rings. The van der Waals surface area contributed by atoms with Gasteiger partial charge in [0.2, 0.25) is 6.10 Å². The number of hydrogen-bond donors (Lipinski definition) is 1. The third-order valence-electron chi connectivity index (χ3n) is 3.90. The number of aromatic hydroxyl groups is 1. The highest BCUT2D eigenvalue weighted by molar-refractivity contribution is 5.96. The summed E-state index contributed by atoms with van der Waals surface area (Å²) in [6.45, 7) is 10.4. The van der Waals surface area contributed by atoms with Crippen LogP contribution < -0.4 is 4.74 Å². The van der Waals surface area contributed by atoms with Crippen LogP contribution in [-0.4, -0.2) is 35.7 Å². The second kappa shape index (κ2) is 9.54. The molecule has 2 aromatic rings. The summed E-state index contributed by atoms with van der Waals surface area (Å²) in [4.78, 5) is 33.2. The lowest BCUT2D eigenvalue weighted by atomic mass is 10.1. The van der Waals surface area contributed by atoms with Crippen LogP contribution in [-0.2, 0) is 23.9 Å². The molecule has 0 amide bonds. The molecule has 0 saturated carbocycles. The first kappa shape index (κ1) is 21.7. The van der Waals surface area contributed by atoms with E-state index in [4.69, 9.17) is 9.47 Å². The number of phenols is 1.